The van der Waals surface area contributed by atoms with Crippen LogP contribution in [0.25, 0.3) is 0 Å². The highest BCUT2D eigenvalue weighted by Gasteiger charge is 2.37. The second kappa shape index (κ2) is 6.67. The van der Waals surface area contributed by atoms with Crippen LogP contribution in [0.1, 0.15) is 46.5 Å². The van der Waals surface area contributed by atoms with E-state index in [2.05, 4.69) is 5.32 Å². The van der Waals surface area contributed by atoms with E-state index in [4.69, 9.17) is 4.74 Å². The van der Waals surface area contributed by atoms with Crippen molar-refractivity contribution in [1.82, 2.24) is 10.2 Å². The van der Waals surface area contributed by atoms with Gasteiger partial charge in [-0.1, -0.05) is 0 Å². The largest absolute Gasteiger partial charge is 0.444 e. The first-order chi connectivity index (χ1) is 10.6. The van der Waals surface area contributed by atoms with Gasteiger partial charge >= 0.3 is 6.09 Å². The molecule has 2 saturated heterocycles. The number of sulfone groups is 1. The highest BCUT2D eigenvalue weighted by Crippen LogP contribution is 2.21. The summed E-state index contributed by atoms with van der Waals surface area (Å²) in [7, 11) is -3.05. The lowest BCUT2D eigenvalue weighted by Gasteiger charge is -2.36. The third-order valence-corrected chi connectivity index (χ3v) is 5.78. The first-order valence-corrected chi connectivity index (χ1v) is 9.90. The van der Waals surface area contributed by atoms with Gasteiger partial charge in [-0.05, 0) is 46.5 Å². The van der Waals surface area contributed by atoms with E-state index in [0.29, 0.717) is 19.4 Å². The summed E-state index contributed by atoms with van der Waals surface area (Å²) in [6.45, 7) is 5.84. The van der Waals surface area contributed by atoms with Gasteiger partial charge < -0.3 is 10.1 Å². The number of carbonyl (C=O) groups is 2. The molecule has 2 aliphatic heterocycles. The Morgan fingerprint density at radius 1 is 1.17 bits per heavy atom. The first kappa shape index (κ1) is 18.0. The number of ether oxygens (including phenoxy) is 1. The zero-order valence-electron chi connectivity index (χ0n) is 14.0. The van der Waals surface area contributed by atoms with Crippen LogP contribution in [0.2, 0.25) is 0 Å². The molecule has 0 radical (unpaired) electrons. The van der Waals surface area contributed by atoms with Crippen molar-refractivity contribution in [2.75, 3.05) is 18.1 Å². The lowest BCUT2D eigenvalue weighted by atomic mass is 10.0. The van der Waals surface area contributed by atoms with E-state index >= 15 is 0 Å². The summed E-state index contributed by atoms with van der Waals surface area (Å²) in [5.41, 5.74) is -0.616. The number of hydrogen-bond donors (Lipinski definition) is 1. The molecule has 2 fully saturated rings. The Balaban J connectivity index is 2.00. The number of nitrogens with one attached hydrogen (secondary N) is 1. The van der Waals surface area contributed by atoms with Gasteiger partial charge in [-0.15, -0.1) is 0 Å². The first-order valence-electron chi connectivity index (χ1n) is 8.08. The van der Waals surface area contributed by atoms with Gasteiger partial charge in [0.05, 0.1) is 11.5 Å². The van der Waals surface area contributed by atoms with Gasteiger partial charge in [0, 0.05) is 12.6 Å². The minimum Gasteiger partial charge on any atom is -0.444 e. The molecule has 0 bridgehead atoms. The van der Waals surface area contributed by atoms with E-state index in [0.717, 1.165) is 12.8 Å². The fourth-order valence-electron chi connectivity index (χ4n) is 2.95. The molecule has 2 heterocycles. The third-order valence-electron chi connectivity index (χ3n) is 4.01. The Labute approximate surface area is 137 Å². The highest BCUT2D eigenvalue weighted by atomic mass is 32.2. The molecule has 8 heteroatoms. The molecule has 0 aliphatic carbocycles. The van der Waals surface area contributed by atoms with Crippen LogP contribution < -0.4 is 5.32 Å². The molecule has 0 saturated carbocycles. The molecule has 2 aliphatic rings. The molecule has 2 rings (SSSR count). The second-order valence-corrected chi connectivity index (χ2v) is 9.52. The molecule has 23 heavy (non-hydrogen) atoms. The Hall–Kier alpha value is -1.31. The number of rotatable bonds is 2. The number of hydrogen-bond acceptors (Lipinski definition) is 5. The standard InChI is InChI=1S/C15H26N2O5S/c1-15(2,3)22-14(19)17-8-5-4-6-12(17)13(18)16-11-7-9-23(20,21)10-11/h11-12H,4-10H2,1-3H3,(H,16,18)/t11?,12-/m0/s1. The van der Waals surface area contributed by atoms with E-state index in [-0.39, 0.29) is 23.5 Å². The van der Waals surface area contributed by atoms with Gasteiger partial charge in [0.1, 0.15) is 11.6 Å². The van der Waals surface area contributed by atoms with Crippen LogP contribution in [0.15, 0.2) is 0 Å². The van der Waals surface area contributed by atoms with Crippen molar-refractivity contribution in [2.45, 2.75) is 64.1 Å². The van der Waals surface area contributed by atoms with Gasteiger partial charge in [0.15, 0.2) is 9.84 Å². The molecule has 0 aromatic rings. The van der Waals surface area contributed by atoms with E-state index in [1.54, 1.807) is 20.8 Å². The maximum absolute atomic E-state index is 12.5. The van der Waals surface area contributed by atoms with Crippen molar-refractivity contribution in [3.63, 3.8) is 0 Å². The Morgan fingerprint density at radius 2 is 1.87 bits per heavy atom. The van der Waals surface area contributed by atoms with Crippen molar-refractivity contribution in [3.05, 3.63) is 0 Å². The lowest BCUT2D eigenvalue weighted by Crippen LogP contribution is -2.54. The number of nitrogens with zero attached hydrogens (tertiary/aromatic N) is 1. The van der Waals surface area contributed by atoms with Crippen LogP contribution in [0.3, 0.4) is 0 Å². The molecule has 132 valence electrons. The van der Waals surface area contributed by atoms with Crippen LogP contribution in [-0.4, -0.2) is 61.1 Å². The predicted octanol–water partition coefficient (Wildman–Crippen LogP) is 1.08. The molecular formula is C15H26N2O5S. The quantitative estimate of drug-likeness (QED) is 0.807. The van der Waals surface area contributed by atoms with Crippen molar-refractivity contribution < 1.29 is 22.7 Å². The summed E-state index contributed by atoms with van der Waals surface area (Å²) in [4.78, 5) is 26.3. The molecular weight excluding hydrogens is 320 g/mol. The number of amides is 2. The average molecular weight is 346 g/mol. The van der Waals surface area contributed by atoms with E-state index < -0.39 is 27.6 Å². The topological polar surface area (TPSA) is 92.8 Å². The molecule has 1 unspecified atom stereocenters. The smallest absolute Gasteiger partial charge is 0.410 e. The van der Waals surface area contributed by atoms with Crippen LogP contribution >= 0.6 is 0 Å². The predicted molar refractivity (Wildman–Crippen MR) is 85.8 cm³/mol. The van der Waals surface area contributed by atoms with Crippen LogP contribution in [0.5, 0.6) is 0 Å². The van der Waals surface area contributed by atoms with Crippen molar-refractivity contribution >= 4 is 21.8 Å². The van der Waals surface area contributed by atoms with Gasteiger partial charge in [-0.2, -0.15) is 0 Å². The Kier molecular flexibility index (Phi) is 5.23. The second-order valence-electron chi connectivity index (χ2n) is 7.29. The van der Waals surface area contributed by atoms with Gasteiger partial charge in [-0.3, -0.25) is 9.69 Å². The van der Waals surface area contributed by atoms with Crippen molar-refractivity contribution in [3.8, 4) is 0 Å². The third kappa shape index (κ3) is 5.09. The van der Waals surface area contributed by atoms with E-state index in [1.807, 2.05) is 0 Å². The van der Waals surface area contributed by atoms with Crippen molar-refractivity contribution in [1.29, 1.82) is 0 Å². The molecule has 2 atom stereocenters. The van der Waals surface area contributed by atoms with Crippen LogP contribution in [0.4, 0.5) is 4.79 Å². The molecule has 7 nitrogen and oxygen atoms in total. The summed E-state index contributed by atoms with van der Waals surface area (Å²) in [5, 5.41) is 2.78. The van der Waals surface area contributed by atoms with Gasteiger partial charge in [-0.25, -0.2) is 13.2 Å². The zero-order chi connectivity index (χ0) is 17.3. The highest BCUT2D eigenvalue weighted by molar-refractivity contribution is 7.91. The summed E-state index contributed by atoms with van der Waals surface area (Å²) in [5.74, 6) is -0.186. The minimum atomic E-state index is -3.05. The Morgan fingerprint density at radius 3 is 2.43 bits per heavy atom. The van der Waals surface area contributed by atoms with E-state index in [9.17, 15) is 18.0 Å². The fraction of sp³-hybridized carbons (Fsp3) is 0.867. The summed E-state index contributed by atoms with van der Waals surface area (Å²) in [6.07, 6.45) is 2.22. The van der Waals surface area contributed by atoms with Crippen LogP contribution in [0, 0.1) is 0 Å². The van der Waals surface area contributed by atoms with Crippen LogP contribution in [-0.2, 0) is 19.4 Å². The number of likely N-dealkylation sites (tertiary alicyclic amines) is 1. The molecule has 0 aromatic heterocycles. The maximum Gasteiger partial charge on any atom is 0.410 e. The monoisotopic (exact) mass is 346 g/mol. The van der Waals surface area contributed by atoms with Crippen molar-refractivity contribution in [2.24, 2.45) is 0 Å². The van der Waals surface area contributed by atoms with E-state index in [1.165, 1.54) is 4.90 Å². The minimum absolute atomic E-state index is 0.0160. The number of piperidine rings is 1. The summed E-state index contributed by atoms with van der Waals surface area (Å²) in [6, 6.07) is -0.934. The molecule has 2 amide bonds. The molecule has 0 spiro atoms. The number of carbonyl (C=O) groups excluding carboxylic acids is 2. The summed E-state index contributed by atoms with van der Waals surface area (Å²) >= 11 is 0. The summed E-state index contributed by atoms with van der Waals surface area (Å²) < 4.78 is 28.4. The normalized spacial score (nSPS) is 27.5. The SMILES string of the molecule is CC(C)(C)OC(=O)N1CCCC[C@H]1C(=O)NC1CCS(=O)(=O)C1. The maximum atomic E-state index is 12.5. The van der Waals surface area contributed by atoms with Gasteiger partial charge in [0.2, 0.25) is 5.91 Å². The zero-order valence-corrected chi connectivity index (χ0v) is 14.8. The lowest BCUT2D eigenvalue weighted by molar-refractivity contribution is -0.128. The average Bonchev–Trinajstić information content (AvgIpc) is 2.76. The molecule has 1 N–H and O–H groups in total. The Bertz CT molecular complexity index is 567. The van der Waals surface area contributed by atoms with Gasteiger partial charge in [0.25, 0.3) is 0 Å². The molecule has 0 aromatic carbocycles. The fourth-order valence-corrected chi connectivity index (χ4v) is 4.62.